The van der Waals surface area contributed by atoms with Gasteiger partial charge in [-0.25, -0.2) is 0 Å². The van der Waals surface area contributed by atoms with Crippen molar-refractivity contribution in [1.29, 1.82) is 0 Å². The minimum Gasteiger partial charge on any atom is -0.508 e. The first-order valence-corrected chi connectivity index (χ1v) is 15.7. The Morgan fingerprint density at radius 3 is 1.50 bits per heavy atom. The molecule has 0 fully saturated rings. The third-order valence-corrected chi connectivity index (χ3v) is 7.46. The largest absolute Gasteiger partial charge is 0.508 e. The van der Waals surface area contributed by atoms with Crippen molar-refractivity contribution in [2.75, 3.05) is 63.1 Å². The van der Waals surface area contributed by atoms with Gasteiger partial charge in [-0.15, -0.1) is 24.8 Å². The topological polar surface area (TPSA) is 204 Å². The van der Waals surface area contributed by atoms with Gasteiger partial charge in [-0.05, 0) is 48.7 Å². The van der Waals surface area contributed by atoms with E-state index in [4.69, 9.17) is 15.3 Å². The predicted octanol–water partition coefficient (Wildman–Crippen LogP) is 3.93. The number of halogens is 2. The average Bonchev–Trinajstić information content (AvgIpc) is 3.04. The fraction of sp³-hybridized carbons (Fsp3) is 0.412. The average molecular weight is 712 g/mol. The fourth-order valence-electron chi connectivity index (χ4n) is 5.14. The van der Waals surface area contributed by atoms with Crippen LogP contribution < -0.4 is 21.3 Å². The molecule has 266 valence electrons. The molecule has 0 bridgehead atoms. The van der Waals surface area contributed by atoms with Crippen molar-refractivity contribution in [3.63, 3.8) is 0 Å². The molecule has 1 aliphatic rings. The minimum atomic E-state index is -0.559. The molecule has 0 saturated heterocycles. The molecule has 0 unspecified atom stereocenters. The molecular weight excluding hydrogens is 663 g/mol. The second-order valence-electron chi connectivity index (χ2n) is 10.8. The van der Waals surface area contributed by atoms with Crippen LogP contribution >= 0.6 is 24.8 Å². The van der Waals surface area contributed by atoms with Crippen LogP contribution in [0.2, 0.25) is 0 Å². The standard InChI is InChI=1S/C22H28N4O6.C12H18O2.2ClH/c27-11-9-23-5-7-25-13-1-2-14(26-8-6-24-10-12-28)18-17(13)21(31)19-15(29)3-4-16(30)20(19)22(18)32;1-2-3-4-5-6-10-7-8-11(13)9-12(10)14;;/h1-4,23-30H,5-12H2;7-9,13-14H,2-6H2,1H3;2*1H. The summed E-state index contributed by atoms with van der Waals surface area (Å²) in [6, 6.07) is 10.5. The van der Waals surface area contributed by atoms with Crippen LogP contribution in [0.25, 0.3) is 0 Å². The van der Waals surface area contributed by atoms with Crippen molar-refractivity contribution in [2.24, 2.45) is 0 Å². The quantitative estimate of drug-likeness (QED) is 0.0560. The van der Waals surface area contributed by atoms with Gasteiger partial charge in [0.2, 0.25) is 11.6 Å². The number of carbonyl (C=O) groups is 2. The molecule has 0 saturated carbocycles. The number of unbranched alkanes of at least 4 members (excludes halogenated alkanes) is 3. The van der Waals surface area contributed by atoms with E-state index in [0.717, 1.165) is 18.4 Å². The Balaban J connectivity index is 0.000000609. The Labute approximate surface area is 293 Å². The van der Waals surface area contributed by atoms with Crippen molar-refractivity contribution in [3.05, 3.63) is 70.3 Å². The van der Waals surface area contributed by atoms with Gasteiger partial charge < -0.3 is 51.9 Å². The number of aryl methyl sites for hydroxylation is 1. The number of hydrogen-bond acceptors (Lipinski definition) is 12. The highest BCUT2D eigenvalue weighted by molar-refractivity contribution is 6.33. The fourth-order valence-corrected chi connectivity index (χ4v) is 5.14. The van der Waals surface area contributed by atoms with E-state index in [1.807, 2.05) is 0 Å². The number of aliphatic hydroxyl groups is 2. The third-order valence-electron chi connectivity index (χ3n) is 7.46. The lowest BCUT2D eigenvalue weighted by atomic mass is 9.81. The maximum absolute atomic E-state index is 13.4. The highest BCUT2D eigenvalue weighted by atomic mass is 35.5. The van der Waals surface area contributed by atoms with Crippen LogP contribution in [0.4, 0.5) is 11.4 Å². The summed E-state index contributed by atoms with van der Waals surface area (Å²) < 4.78 is 0. The zero-order chi connectivity index (χ0) is 33.5. The summed E-state index contributed by atoms with van der Waals surface area (Å²) >= 11 is 0. The van der Waals surface area contributed by atoms with Crippen LogP contribution in [0.15, 0.2) is 42.5 Å². The van der Waals surface area contributed by atoms with Crippen molar-refractivity contribution in [3.8, 4) is 23.0 Å². The van der Waals surface area contributed by atoms with E-state index in [2.05, 4.69) is 28.2 Å². The lowest BCUT2D eigenvalue weighted by Gasteiger charge is -2.25. The first-order valence-electron chi connectivity index (χ1n) is 15.7. The van der Waals surface area contributed by atoms with E-state index >= 15 is 0 Å². The number of phenols is 4. The molecule has 0 spiro atoms. The Bertz CT molecular complexity index is 1400. The Kier molecular flexibility index (Phi) is 19.3. The Morgan fingerprint density at radius 1 is 0.562 bits per heavy atom. The number of carbonyl (C=O) groups excluding carboxylic acids is 2. The number of aromatic hydroxyl groups is 4. The van der Waals surface area contributed by atoms with Crippen molar-refractivity contribution in [2.45, 2.75) is 39.0 Å². The lowest BCUT2D eigenvalue weighted by molar-refractivity contribution is 0.0975. The van der Waals surface area contributed by atoms with Crippen molar-refractivity contribution < 1.29 is 40.2 Å². The van der Waals surface area contributed by atoms with Crippen LogP contribution in [-0.4, -0.2) is 94.7 Å². The molecule has 14 heteroatoms. The van der Waals surface area contributed by atoms with Crippen LogP contribution in [-0.2, 0) is 6.42 Å². The molecular formula is C34H48Cl2N4O8. The number of aliphatic hydroxyl groups excluding tert-OH is 2. The number of benzene rings is 3. The number of phenolic OH excluding ortho intramolecular Hbond substituents is 4. The van der Waals surface area contributed by atoms with Gasteiger partial charge in [0.05, 0.1) is 35.5 Å². The lowest BCUT2D eigenvalue weighted by Crippen LogP contribution is -2.28. The van der Waals surface area contributed by atoms with Gasteiger partial charge in [-0.3, -0.25) is 9.59 Å². The number of rotatable bonds is 17. The molecule has 0 radical (unpaired) electrons. The van der Waals surface area contributed by atoms with Gasteiger partial charge in [0, 0.05) is 56.7 Å². The normalized spacial score (nSPS) is 11.3. The second-order valence-corrected chi connectivity index (χ2v) is 10.8. The highest BCUT2D eigenvalue weighted by Gasteiger charge is 2.37. The zero-order valence-electron chi connectivity index (χ0n) is 27.1. The Morgan fingerprint density at radius 2 is 1.06 bits per heavy atom. The summed E-state index contributed by atoms with van der Waals surface area (Å²) in [5.74, 6) is -1.53. The molecule has 12 nitrogen and oxygen atoms in total. The summed E-state index contributed by atoms with van der Waals surface area (Å²) in [5.41, 5.74) is 1.61. The Hall–Kier alpha value is -3.78. The SMILES string of the molecule is CCCCCCc1ccc(O)cc1O.Cl.Cl.O=C1c2c(O)ccc(O)c2C(=O)c2c(NCCNCCO)ccc(NCCNCCO)c21. The number of nitrogens with one attached hydrogen (secondary N) is 4. The molecule has 0 aliphatic heterocycles. The summed E-state index contributed by atoms with van der Waals surface area (Å²) in [5, 5.41) is 69.1. The van der Waals surface area contributed by atoms with E-state index in [1.54, 1.807) is 24.3 Å². The molecule has 3 aromatic carbocycles. The maximum atomic E-state index is 13.4. The van der Waals surface area contributed by atoms with Gasteiger partial charge in [0.25, 0.3) is 0 Å². The zero-order valence-corrected chi connectivity index (χ0v) is 28.7. The van der Waals surface area contributed by atoms with Crippen molar-refractivity contribution in [1.82, 2.24) is 10.6 Å². The van der Waals surface area contributed by atoms with E-state index in [0.29, 0.717) is 50.6 Å². The van der Waals surface area contributed by atoms with Gasteiger partial charge in [-0.1, -0.05) is 32.3 Å². The number of anilines is 2. The summed E-state index contributed by atoms with van der Waals surface area (Å²) in [4.78, 5) is 26.7. The number of ketones is 2. The molecule has 0 amide bonds. The van der Waals surface area contributed by atoms with E-state index in [1.165, 1.54) is 37.5 Å². The van der Waals surface area contributed by atoms with Gasteiger partial charge in [0.1, 0.15) is 23.0 Å². The summed E-state index contributed by atoms with van der Waals surface area (Å²) in [6.45, 7) is 4.99. The van der Waals surface area contributed by atoms with Gasteiger partial charge in [-0.2, -0.15) is 0 Å². The van der Waals surface area contributed by atoms with Gasteiger partial charge in [0.15, 0.2) is 0 Å². The molecule has 4 rings (SSSR count). The van der Waals surface area contributed by atoms with Crippen LogP contribution in [0.5, 0.6) is 23.0 Å². The molecule has 1 aliphatic carbocycles. The van der Waals surface area contributed by atoms with Gasteiger partial charge >= 0.3 is 0 Å². The van der Waals surface area contributed by atoms with Crippen LogP contribution in [0.1, 0.15) is 70.0 Å². The van der Waals surface area contributed by atoms with Crippen molar-refractivity contribution >= 4 is 47.8 Å². The third kappa shape index (κ3) is 11.4. The minimum absolute atomic E-state index is 0. The monoisotopic (exact) mass is 710 g/mol. The van der Waals surface area contributed by atoms with Crippen LogP contribution in [0, 0.1) is 0 Å². The van der Waals surface area contributed by atoms with Crippen LogP contribution in [0.3, 0.4) is 0 Å². The first-order chi connectivity index (χ1) is 22.2. The molecule has 48 heavy (non-hydrogen) atoms. The summed E-state index contributed by atoms with van der Waals surface area (Å²) in [7, 11) is 0. The number of hydrogen-bond donors (Lipinski definition) is 10. The summed E-state index contributed by atoms with van der Waals surface area (Å²) in [6.07, 6.45) is 5.68. The molecule has 10 N–H and O–H groups in total. The first kappa shape index (κ1) is 42.2. The predicted molar refractivity (Wildman–Crippen MR) is 192 cm³/mol. The maximum Gasteiger partial charge on any atom is 0.200 e. The van der Waals surface area contributed by atoms with E-state index in [-0.39, 0.29) is 83.3 Å². The molecule has 0 atom stereocenters. The molecule has 0 aromatic heterocycles. The highest BCUT2D eigenvalue weighted by Crippen LogP contribution is 2.42. The van der Waals surface area contributed by atoms with E-state index in [9.17, 15) is 24.9 Å². The second kappa shape index (κ2) is 22.0. The van der Waals surface area contributed by atoms with E-state index < -0.39 is 11.6 Å². The number of fused-ring (bicyclic) bond motifs is 2. The smallest absolute Gasteiger partial charge is 0.200 e. The molecule has 0 heterocycles. The molecule has 3 aromatic rings.